The highest BCUT2D eigenvalue weighted by Crippen LogP contribution is 2.33. The van der Waals surface area contributed by atoms with Gasteiger partial charge >= 0.3 is 0 Å². The van der Waals surface area contributed by atoms with Crippen LogP contribution < -0.4 is 9.64 Å². The van der Waals surface area contributed by atoms with Crippen molar-refractivity contribution in [2.45, 2.75) is 31.3 Å². The van der Waals surface area contributed by atoms with E-state index >= 15 is 0 Å². The highest BCUT2D eigenvalue weighted by Gasteiger charge is 2.26. The van der Waals surface area contributed by atoms with Crippen molar-refractivity contribution in [1.82, 2.24) is 9.29 Å². The first-order valence-electron chi connectivity index (χ1n) is 10.6. The largest absolute Gasteiger partial charge is 0.497 e. The number of sulfonamides is 1. The molecule has 0 atom stereocenters. The first-order valence-corrected chi connectivity index (χ1v) is 12.8. The fraction of sp³-hybridized carbons (Fsp3) is 0.250. The second-order valence-corrected chi connectivity index (χ2v) is 10.9. The van der Waals surface area contributed by atoms with Gasteiger partial charge in [-0.25, -0.2) is 13.4 Å². The number of rotatable bonds is 8. The predicted octanol–water partition coefficient (Wildman–Crippen LogP) is 4.77. The molecule has 2 aromatic carbocycles. The Morgan fingerprint density at radius 3 is 2.50 bits per heavy atom. The molecule has 8 nitrogen and oxygen atoms in total. The summed E-state index contributed by atoms with van der Waals surface area (Å²) in [6, 6.07) is 14.9. The summed E-state index contributed by atoms with van der Waals surface area (Å²) in [6.45, 7) is 3.78. The first-order chi connectivity index (χ1) is 16.2. The molecule has 4 rings (SSSR count). The number of methoxy groups -OCH3 is 1. The molecule has 34 heavy (non-hydrogen) atoms. The van der Waals surface area contributed by atoms with Crippen molar-refractivity contribution in [3.8, 4) is 5.75 Å². The molecule has 0 aliphatic heterocycles. The zero-order valence-corrected chi connectivity index (χ0v) is 20.9. The fourth-order valence-corrected chi connectivity index (χ4v) is 5.60. The smallest absolute Gasteiger partial charge is 0.260 e. The van der Waals surface area contributed by atoms with E-state index < -0.39 is 10.0 Å². The Bertz CT molecular complexity index is 1390. The molecule has 2 heterocycles. The standard InChI is InChI=1S/C24H25N3O5S2/c1-16(2)26(3)34(29,30)20-10-7-17(8-11-20)23(28)27(15-19-6-5-13-32-19)24-25-21-14-18(31-4)9-12-22(21)33-24/h5-14,16H,15H2,1-4H3. The summed E-state index contributed by atoms with van der Waals surface area (Å²) < 4.78 is 38.5. The zero-order chi connectivity index (χ0) is 24.5. The van der Waals surface area contributed by atoms with Crippen molar-refractivity contribution in [1.29, 1.82) is 0 Å². The summed E-state index contributed by atoms with van der Waals surface area (Å²) in [7, 11) is -0.526. The van der Waals surface area contributed by atoms with Crippen LogP contribution in [0.15, 0.2) is 70.2 Å². The molecular weight excluding hydrogens is 474 g/mol. The quantitative estimate of drug-likeness (QED) is 0.347. The fourth-order valence-electron chi connectivity index (χ4n) is 3.29. The number of nitrogens with zero attached hydrogens (tertiary/aromatic N) is 3. The average Bonchev–Trinajstić information content (AvgIpc) is 3.50. The van der Waals surface area contributed by atoms with Crippen molar-refractivity contribution >= 4 is 42.6 Å². The van der Waals surface area contributed by atoms with Crippen molar-refractivity contribution in [3.63, 3.8) is 0 Å². The lowest BCUT2D eigenvalue weighted by molar-refractivity contribution is 0.0983. The SMILES string of the molecule is COc1ccc2sc(N(Cc3ccco3)C(=O)c3ccc(S(=O)(=O)N(C)C(C)C)cc3)nc2c1. The number of benzene rings is 2. The molecule has 0 unspecified atom stereocenters. The first kappa shape index (κ1) is 23.9. The number of aromatic nitrogens is 1. The van der Waals surface area contributed by atoms with E-state index in [1.807, 2.05) is 18.2 Å². The number of carbonyl (C=O) groups is 1. The van der Waals surface area contributed by atoms with E-state index in [2.05, 4.69) is 4.98 Å². The maximum Gasteiger partial charge on any atom is 0.260 e. The van der Waals surface area contributed by atoms with Crippen molar-refractivity contribution < 1.29 is 22.4 Å². The third kappa shape index (κ3) is 4.70. The van der Waals surface area contributed by atoms with E-state index in [1.165, 1.54) is 51.9 Å². The third-order valence-electron chi connectivity index (χ3n) is 5.46. The van der Waals surface area contributed by atoms with Gasteiger partial charge in [0.1, 0.15) is 11.5 Å². The van der Waals surface area contributed by atoms with Gasteiger partial charge in [-0.1, -0.05) is 11.3 Å². The lowest BCUT2D eigenvalue weighted by Gasteiger charge is -2.21. The Labute approximate surface area is 202 Å². The van der Waals surface area contributed by atoms with Crippen LogP contribution in [0.1, 0.15) is 30.0 Å². The normalized spacial score (nSPS) is 11.9. The molecule has 1 amide bonds. The molecule has 0 aliphatic rings. The van der Waals surface area contributed by atoms with E-state index in [-0.39, 0.29) is 23.4 Å². The van der Waals surface area contributed by atoms with Gasteiger partial charge in [-0.2, -0.15) is 4.31 Å². The van der Waals surface area contributed by atoms with Crippen LogP contribution in [0.3, 0.4) is 0 Å². The molecule has 0 N–H and O–H groups in total. The topological polar surface area (TPSA) is 92.9 Å². The lowest BCUT2D eigenvalue weighted by atomic mass is 10.2. The highest BCUT2D eigenvalue weighted by molar-refractivity contribution is 7.89. The van der Waals surface area contributed by atoms with Crippen LogP contribution in [0, 0.1) is 0 Å². The minimum Gasteiger partial charge on any atom is -0.497 e. The van der Waals surface area contributed by atoms with Gasteiger partial charge in [0.2, 0.25) is 10.0 Å². The van der Waals surface area contributed by atoms with Gasteiger partial charge in [0.05, 0.1) is 35.0 Å². The molecule has 2 aromatic heterocycles. The molecule has 0 saturated heterocycles. The van der Waals surface area contributed by atoms with E-state index in [4.69, 9.17) is 9.15 Å². The van der Waals surface area contributed by atoms with Crippen LogP contribution >= 0.6 is 11.3 Å². The Kier molecular flexibility index (Phi) is 6.74. The molecule has 0 aliphatic carbocycles. The second kappa shape index (κ2) is 9.57. The lowest BCUT2D eigenvalue weighted by Crippen LogP contribution is -2.33. The van der Waals surface area contributed by atoms with Crippen LogP contribution in [0.25, 0.3) is 10.2 Å². The molecule has 4 aromatic rings. The van der Waals surface area contributed by atoms with E-state index in [0.717, 1.165) is 10.2 Å². The summed E-state index contributed by atoms with van der Waals surface area (Å²) in [6.07, 6.45) is 1.55. The number of thiazole rings is 1. The summed E-state index contributed by atoms with van der Waals surface area (Å²) in [5, 5.41) is 0.501. The number of furan rings is 1. The van der Waals surface area contributed by atoms with E-state index in [1.54, 1.807) is 39.4 Å². The number of ether oxygens (including phenoxy) is 1. The monoisotopic (exact) mass is 499 g/mol. The van der Waals surface area contributed by atoms with Gasteiger partial charge in [0, 0.05) is 24.7 Å². The summed E-state index contributed by atoms with van der Waals surface area (Å²) in [5.41, 5.74) is 1.06. The zero-order valence-electron chi connectivity index (χ0n) is 19.3. The van der Waals surface area contributed by atoms with Crippen molar-refractivity contribution in [2.24, 2.45) is 0 Å². The minimum absolute atomic E-state index is 0.130. The number of fused-ring (bicyclic) bond motifs is 1. The maximum absolute atomic E-state index is 13.5. The van der Waals surface area contributed by atoms with Crippen LogP contribution in [-0.4, -0.2) is 43.8 Å². The van der Waals surface area contributed by atoms with Gasteiger partial charge in [-0.15, -0.1) is 0 Å². The summed E-state index contributed by atoms with van der Waals surface area (Å²) in [5.74, 6) is 0.961. The highest BCUT2D eigenvalue weighted by atomic mass is 32.2. The number of hydrogen-bond acceptors (Lipinski definition) is 7. The summed E-state index contributed by atoms with van der Waals surface area (Å²) in [4.78, 5) is 19.8. The molecule has 178 valence electrons. The number of amides is 1. The second-order valence-electron chi connectivity index (χ2n) is 7.94. The number of carbonyl (C=O) groups excluding carboxylic acids is 1. The van der Waals surface area contributed by atoms with Gasteiger partial charge in [-0.05, 0) is 62.4 Å². The van der Waals surface area contributed by atoms with E-state index in [0.29, 0.717) is 22.2 Å². The molecule has 0 saturated carbocycles. The Hall–Kier alpha value is -3.21. The van der Waals surface area contributed by atoms with Gasteiger partial charge in [0.25, 0.3) is 5.91 Å². The maximum atomic E-state index is 13.5. The molecule has 0 fully saturated rings. The minimum atomic E-state index is -3.65. The molecular formula is C24H25N3O5S2. The number of hydrogen-bond donors (Lipinski definition) is 0. The molecule has 0 radical (unpaired) electrons. The Morgan fingerprint density at radius 1 is 1.15 bits per heavy atom. The molecule has 0 spiro atoms. The number of anilines is 1. The van der Waals surface area contributed by atoms with Crippen LogP contribution in [-0.2, 0) is 16.6 Å². The Morgan fingerprint density at radius 2 is 1.88 bits per heavy atom. The van der Waals surface area contributed by atoms with Gasteiger partial charge in [0.15, 0.2) is 5.13 Å². The van der Waals surface area contributed by atoms with Crippen LogP contribution in [0.5, 0.6) is 5.75 Å². The van der Waals surface area contributed by atoms with Crippen LogP contribution in [0.4, 0.5) is 5.13 Å². The Balaban J connectivity index is 1.69. The summed E-state index contributed by atoms with van der Waals surface area (Å²) >= 11 is 1.38. The van der Waals surface area contributed by atoms with Crippen LogP contribution in [0.2, 0.25) is 0 Å². The molecule has 0 bridgehead atoms. The van der Waals surface area contributed by atoms with Gasteiger partial charge < -0.3 is 9.15 Å². The third-order valence-corrected chi connectivity index (χ3v) is 8.57. The van der Waals surface area contributed by atoms with E-state index in [9.17, 15) is 13.2 Å². The van der Waals surface area contributed by atoms with Crippen molar-refractivity contribution in [2.75, 3.05) is 19.1 Å². The molecule has 10 heteroatoms. The van der Waals surface area contributed by atoms with Crippen molar-refractivity contribution in [3.05, 3.63) is 72.2 Å². The van der Waals surface area contributed by atoms with Gasteiger partial charge in [-0.3, -0.25) is 9.69 Å². The average molecular weight is 500 g/mol. The predicted molar refractivity (Wildman–Crippen MR) is 132 cm³/mol.